The predicted octanol–water partition coefficient (Wildman–Crippen LogP) is 4.06. The summed E-state index contributed by atoms with van der Waals surface area (Å²) in [6, 6.07) is 12.3. The van der Waals surface area contributed by atoms with E-state index in [4.69, 9.17) is 18.9 Å². The van der Waals surface area contributed by atoms with Crippen molar-refractivity contribution in [1.82, 2.24) is 9.99 Å². The largest absolute Gasteiger partial charge is 0.493 e. The number of aromatic nitrogens is 1. The molecule has 0 atom stereocenters. The fraction of sp³-hybridized carbons (Fsp3) is 0.269. The second-order valence-electron chi connectivity index (χ2n) is 7.54. The van der Waals surface area contributed by atoms with Gasteiger partial charge in [-0.05, 0) is 63.2 Å². The van der Waals surface area contributed by atoms with Crippen molar-refractivity contribution < 1.29 is 28.5 Å². The lowest BCUT2D eigenvalue weighted by Gasteiger charge is -2.13. The first-order valence-electron chi connectivity index (χ1n) is 10.9. The molecule has 0 bridgehead atoms. The van der Waals surface area contributed by atoms with Crippen molar-refractivity contribution in [2.24, 2.45) is 5.10 Å². The lowest BCUT2D eigenvalue weighted by Crippen LogP contribution is -2.18. The van der Waals surface area contributed by atoms with Crippen molar-refractivity contribution in [2.45, 2.75) is 20.8 Å². The molecule has 0 saturated carbocycles. The van der Waals surface area contributed by atoms with Gasteiger partial charge in [0.15, 0.2) is 11.5 Å². The average Bonchev–Trinajstić information content (AvgIpc) is 3.15. The van der Waals surface area contributed by atoms with Crippen molar-refractivity contribution in [2.75, 3.05) is 27.9 Å². The summed E-state index contributed by atoms with van der Waals surface area (Å²) in [5.41, 5.74) is 6.97. The van der Waals surface area contributed by atoms with Gasteiger partial charge in [-0.1, -0.05) is 0 Å². The van der Waals surface area contributed by atoms with Gasteiger partial charge in [0.1, 0.15) is 0 Å². The molecule has 0 aliphatic carbocycles. The van der Waals surface area contributed by atoms with E-state index in [2.05, 4.69) is 10.5 Å². The highest BCUT2D eigenvalue weighted by Gasteiger charge is 2.17. The Labute approximate surface area is 204 Å². The second kappa shape index (κ2) is 11.2. The summed E-state index contributed by atoms with van der Waals surface area (Å²) in [5, 5.41) is 4.13. The topological polar surface area (TPSA) is 100 Å². The molecule has 0 saturated heterocycles. The lowest BCUT2D eigenvalue weighted by molar-refractivity contribution is 0.0526. The molecule has 3 aromatic rings. The number of benzene rings is 2. The van der Waals surface area contributed by atoms with Crippen LogP contribution >= 0.6 is 0 Å². The molecule has 0 spiro atoms. The number of carbonyl (C=O) groups excluding carboxylic acids is 2. The van der Waals surface area contributed by atoms with Crippen LogP contribution in [0.15, 0.2) is 47.6 Å². The Morgan fingerprint density at radius 2 is 1.57 bits per heavy atom. The number of aryl methyl sites for hydroxylation is 1. The summed E-state index contributed by atoms with van der Waals surface area (Å²) in [5.74, 6) is 0.370. The molecule has 3 rings (SSSR count). The van der Waals surface area contributed by atoms with Crippen LogP contribution in [-0.2, 0) is 4.74 Å². The van der Waals surface area contributed by atoms with Gasteiger partial charge in [0.2, 0.25) is 5.75 Å². The Morgan fingerprint density at radius 3 is 2.11 bits per heavy atom. The molecule has 1 aromatic heterocycles. The number of amides is 1. The zero-order valence-electron chi connectivity index (χ0n) is 20.7. The number of ether oxygens (including phenoxy) is 4. The molecule has 0 aliphatic rings. The molecule has 0 fully saturated rings. The molecule has 1 amide bonds. The number of rotatable bonds is 9. The highest BCUT2D eigenvalue weighted by molar-refractivity contribution is 5.96. The first kappa shape index (κ1) is 25.4. The van der Waals surface area contributed by atoms with Gasteiger partial charge < -0.3 is 23.5 Å². The summed E-state index contributed by atoms with van der Waals surface area (Å²) in [6.45, 7) is 6.02. The molecule has 1 N–H and O–H groups in total. The van der Waals surface area contributed by atoms with Crippen LogP contribution in [0.1, 0.15) is 44.6 Å². The fourth-order valence-corrected chi connectivity index (χ4v) is 3.71. The maximum Gasteiger partial charge on any atom is 0.338 e. The predicted molar refractivity (Wildman–Crippen MR) is 132 cm³/mol. The number of hydrogen-bond donors (Lipinski definition) is 1. The third-order valence-electron chi connectivity index (χ3n) is 5.40. The summed E-state index contributed by atoms with van der Waals surface area (Å²) >= 11 is 0. The van der Waals surface area contributed by atoms with Gasteiger partial charge in [-0.25, -0.2) is 10.2 Å². The lowest BCUT2D eigenvalue weighted by atomic mass is 10.1. The molecule has 9 nitrogen and oxygen atoms in total. The van der Waals surface area contributed by atoms with E-state index in [1.54, 1.807) is 37.4 Å². The maximum absolute atomic E-state index is 12.7. The van der Waals surface area contributed by atoms with Crippen LogP contribution in [0.4, 0.5) is 0 Å². The van der Waals surface area contributed by atoms with E-state index in [9.17, 15) is 9.59 Å². The first-order valence-corrected chi connectivity index (χ1v) is 10.9. The Balaban J connectivity index is 1.78. The van der Waals surface area contributed by atoms with Gasteiger partial charge in [0, 0.05) is 28.2 Å². The van der Waals surface area contributed by atoms with Crippen LogP contribution in [0, 0.1) is 13.8 Å². The van der Waals surface area contributed by atoms with Crippen LogP contribution in [-0.4, -0.2) is 50.6 Å². The van der Waals surface area contributed by atoms with Gasteiger partial charge >= 0.3 is 5.97 Å². The highest BCUT2D eigenvalue weighted by Crippen LogP contribution is 2.38. The molecular weight excluding hydrogens is 450 g/mol. The normalized spacial score (nSPS) is 10.8. The van der Waals surface area contributed by atoms with Gasteiger partial charge in [0.25, 0.3) is 5.91 Å². The zero-order valence-corrected chi connectivity index (χ0v) is 20.7. The van der Waals surface area contributed by atoms with Crippen molar-refractivity contribution in [3.8, 4) is 22.9 Å². The van der Waals surface area contributed by atoms with E-state index in [0.717, 1.165) is 22.6 Å². The number of nitrogens with one attached hydrogen (secondary N) is 1. The average molecular weight is 480 g/mol. The minimum atomic E-state index is -0.427. The number of carbonyl (C=O) groups is 2. The van der Waals surface area contributed by atoms with Gasteiger partial charge in [-0.15, -0.1) is 0 Å². The van der Waals surface area contributed by atoms with Crippen molar-refractivity contribution in [1.29, 1.82) is 0 Å². The number of hydrazone groups is 1. The molecular formula is C26H29N3O6. The Morgan fingerprint density at radius 1 is 0.943 bits per heavy atom. The molecule has 0 radical (unpaired) electrons. The Kier molecular flexibility index (Phi) is 8.14. The van der Waals surface area contributed by atoms with Crippen LogP contribution in [0.3, 0.4) is 0 Å². The van der Waals surface area contributed by atoms with E-state index < -0.39 is 5.91 Å². The van der Waals surface area contributed by atoms with Gasteiger partial charge in [-0.2, -0.15) is 5.10 Å². The number of hydrogen-bond acceptors (Lipinski definition) is 7. The quantitative estimate of drug-likeness (QED) is 0.282. The third-order valence-corrected chi connectivity index (χ3v) is 5.40. The monoisotopic (exact) mass is 479 g/mol. The van der Waals surface area contributed by atoms with Gasteiger partial charge in [0.05, 0.1) is 39.7 Å². The molecule has 0 aliphatic heterocycles. The standard InChI is InChI=1S/C26H29N3O6/c1-7-35-26(31)18-8-10-21(11-9-18)29-16(2)12-20(17(29)3)15-27-28-25(30)19-13-22(32-4)24(34-6)23(14-19)33-5/h8-15H,7H2,1-6H3,(H,28,30)/b27-15+. The van der Waals surface area contributed by atoms with Crippen LogP contribution in [0.5, 0.6) is 17.2 Å². The Hall–Kier alpha value is -4.27. The second-order valence-corrected chi connectivity index (χ2v) is 7.54. The number of nitrogens with zero attached hydrogens (tertiary/aromatic N) is 2. The number of esters is 1. The number of methoxy groups -OCH3 is 3. The van der Waals surface area contributed by atoms with Crippen molar-refractivity contribution in [3.63, 3.8) is 0 Å². The summed E-state index contributed by atoms with van der Waals surface area (Å²) in [4.78, 5) is 24.6. The van der Waals surface area contributed by atoms with Crippen molar-refractivity contribution >= 4 is 18.1 Å². The zero-order chi connectivity index (χ0) is 25.5. The fourth-order valence-electron chi connectivity index (χ4n) is 3.71. The smallest absolute Gasteiger partial charge is 0.338 e. The molecule has 0 unspecified atom stereocenters. The van der Waals surface area contributed by atoms with Gasteiger partial charge in [-0.3, -0.25) is 4.79 Å². The SMILES string of the molecule is CCOC(=O)c1ccc(-n2c(C)cc(/C=N/NC(=O)c3cc(OC)c(OC)c(OC)c3)c2C)cc1. The van der Waals surface area contributed by atoms with Crippen LogP contribution < -0.4 is 19.6 Å². The molecule has 184 valence electrons. The van der Waals surface area contributed by atoms with E-state index in [0.29, 0.717) is 35.0 Å². The van der Waals surface area contributed by atoms with Crippen molar-refractivity contribution in [3.05, 3.63) is 70.5 Å². The first-order chi connectivity index (χ1) is 16.8. The maximum atomic E-state index is 12.7. The molecule has 1 heterocycles. The summed E-state index contributed by atoms with van der Waals surface area (Å²) in [6.07, 6.45) is 1.59. The van der Waals surface area contributed by atoms with Crippen LogP contribution in [0.25, 0.3) is 5.69 Å². The van der Waals surface area contributed by atoms with E-state index in [1.165, 1.54) is 21.3 Å². The summed E-state index contributed by atoms with van der Waals surface area (Å²) < 4.78 is 23.0. The van der Waals surface area contributed by atoms with Crippen LogP contribution in [0.2, 0.25) is 0 Å². The third kappa shape index (κ3) is 5.46. The summed E-state index contributed by atoms with van der Waals surface area (Å²) in [7, 11) is 4.46. The van der Waals surface area contributed by atoms with E-state index >= 15 is 0 Å². The molecule has 35 heavy (non-hydrogen) atoms. The molecule has 9 heteroatoms. The highest BCUT2D eigenvalue weighted by atomic mass is 16.5. The van der Waals surface area contributed by atoms with E-state index in [1.807, 2.05) is 36.6 Å². The van der Waals surface area contributed by atoms with E-state index in [-0.39, 0.29) is 5.97 Å². The Bertz CT molecular complexity index is 1220. The molecule has 2 aromatic carbocycles. The minimum Gasteiger partial charge on any atom is -0.493 e. The minimum absolute atomic E-state index is 0.309.